The van der Waals surface area contributed by atoms with Crippen molar-refractivity contribution in [1.82, 2.24) is 29.5 Å². The van der Waals surface area contributed by atoms with Gasteiger partial charge in [0.05, 0.1) is 23.3 Å². The highest BCUT2D eigenvalue weighted by atomic mass is 16.5. The number of carbonyl (C=O) groups excluding carboxylic acids is 2. The average molecular weight is 400 g/mol. The number of hydrogen-bond acceptors (Lipinski definition) is 5. The summed E-state index contributed by atoms with van der Waals surface area (Å²) in [7, 11) is 1.54. The standard InChI is InChI=1S/C20H28N6O3/c1-14-10-15(2)26(23-14)11-17(27)24-8-5-20(6-9-24)19-16(21-13-22-19)4-7-25(20)18(28)12-29-3/h10,13H,4-9,11-12H2,1-3H3,(H,21,22). The number of aromatic nitrogens is 4. The summed E-state index contributed by atoms with van der Waals surface area (Å²) in [6.45, 7) is 5.99. The van der Waals surface area contributed by atoms with Gasteiger partial charge in [0.1, 0.15) is 13.2 Å². The molecule has 4 heterocycles. The molecule has 2 aromatic heterocycles. The predicted molar refractivity (Wildman–Crippen MR) is 105 cm³/mol. The normalized spacial score (nSPS) is 18.2. The molecule has 2 amide bonds. The third-order valence-corrected chi connectivity index (χ3v) is 6.16. The number of rotatable bonds is 4. The maximum Gasteiger partial charge on any atom is 0.249 e. The first-order chi connectivity index (χ1) is 13.9. The predicted octanol–water partition coefficient (Wildman–Crippen LogP) is 0.772. The second kappa shape index (κ2) is 7.62. The van der Waals surface area contributed by atoms with Gasteiger partial charge in [0.15, 0.2) is 0 Å². The summed E-state index contributed by atoms with van der Waals surface area (Å²) in [5, 5.41) is 4.40. The zero-order valence-electron chi connectivity index (χ0n) is 17.3. The summed E-state index contributed by atoms with van der Waals surface area (Å²) < 4.78 is 6.86. The molecule has 1 spiro atoms. The van der Waals surface area contributed by atoms with Crippen molar-refractivity contribution in [2.24, 2.45) is 0 Å². The Morgan fingerprint density at radius 1 is 1.21 bits per heavy atom. The number of fused-ring (bicyclic) bond motifs is 2. The van der Waals surface area contributed by atoms with Gasteiger partial charge in [-0.1, -0.05) is 0 Å². The Labute approximate surface area is 170 Å². The number of imidazole rings is 1. The number of nitrogens with one attached hydrogen (secondary N) is 1. The van der Waals surface area contributed by atoms with Crippen molar-refractivity contribution in [2.75, 3.05) is 33.4 Å². The molecule has 0 unspecified atom stereocenters. The summed E-state index contributed by atoms with van der Waals surface area (Å²) in [6.07, 6.45) is 3.80. The first kappa shape index (κ1) is 19.6. The zero-order valence-corrected chi connectivity index (χ0v) is 17.3. The Morgan fingerprint density at radius 3 is 2.62 bits per heavy atom. The molecule has 0 aliphatic carbocycles. The van der Waals surface area contributed by atoms with E-state index in [1.165, 1.54) is 7.11 Å². The molecule has 0 saturated carbocycles. The Hall–Kier alpha value is -2.68. The van der Waals surface area contributed by atoms with Gasteiger partial charge in [0.25, 0.3) is 0 Å². The topological polar surface area (TPSA) is 96.4 Å². The lowest BCUT2D eigenvalue weighted by Gasteiger charge is -2.50. The third-order valence-electron chi connectivity index (χ3n) is 6.16. The number of amides is 2. The van der Waals surface area contributed by atoms with Crippen LogP contribution in [-0.2, 0) is 32.8 Å². The third kappa shape index (κ3) is 3.43. The molecule has 1 saturated heterocycles. The number of nitrogens with zero attached hydrogens (tertiary/aromatic N) is 5. The Balaban J connectivity index is 1.52. The number of carbonyl (C=O) groups is 2. The molecule has 4 rings (SSSR count). The van der Waals surface area contributed by atoms with Crippen LogP contribution in [0.15, 0.2) is 12.4 Å². The Morgan fingerprint density at radius 2 is 1.97 bits per heavy atom. The molecule has 1 fully saturated rings. The van der Waals surface area contributed by atoms with Gasteiger partial charge >= 0.3 is 0 Å². The van der Waals surface area contributed by atoms with E-state index in [4.69, 9.17) is 4.74 Å². The zero-order chi connectivity index (χ0) is 20.6. The highest BCUT2D eigenvalue weighted by molar-refractivity contribution is 5.79. The summed E-state index contributed by atoms with van der Waals surface area (Å²) in [5.74, 6) is 0.0300. The first-order valence-electron chi connectivity index (χ1n) is 10.1. The summed E-state index contributed by atoms with van der Waals surface area (Å²) in [4.78, 5) is 37.2. The van der Waals surface area contributed by atoms with E-state index in [-0.39, 0.29) is 25.0 Å². The molecule has 0 atom stereocenters. The molecule has 1 N–H and O–H groups in total. The fourth-order valence-corrected chi connectivity index (χ4v) is 4.74. The number of ether oxygens (including phenoxy) is 1. The fourth-order valence-electron chi connectivity index (χ4n) is 4.74. The van der Waals surface area contributed by atoms with Crippen molar-refractivity contribution in [3.63, 3.8) is 0 Å². The number of aromatic amines is 1. The maximum absolute atomic E-state index is 12.9. The lowest BCUT2D eigenvalue weighted by atomic mass is 9.78. The van der Waals surface area contributed by atoms with Crippen LogP contribution in [0.3, 0.4) is 0 Å². The van der Waals surface area contributed by atoms with Crippen LogP contribution >= 0.6 is 0 Å². The summed E-state index contributed by atoms with van der Waals surface area (Å²) in [6, 6.07) is 1.97. The molecular formula is C20H28N6O3. The van der Waals surface area contributed by atoms with Crippen molar-refractivity contribution in [2.45, 2.75) is 45.2 Å². The molecule has 0 bridgehead atoms. The minimum atomic E-state index is -0.474. The molecule has 0 aromatic carbocycles. The quantitative estimate of drug-likeness (QED) is 0.818. The number of H-pyrrole nitrogens is 1. The minimum absolute atomic E-state index is 0.0245. The van der Waals surface area contributed by atoms with Gasteiger partial charge in [-0.25, -0.2) is 4.98 Å². The van der Waals surface area contributed by atoms with Crippen LogP contribution in [0.25, 0.3) is 0 Å². The van der Waals surface area contributed by atoms with Gasteiger partial charge in [-0.2, -0.15) is 5.10 Å². The van der Waals surface area contributed by atoms with E-state index < -0.39 is 5.54 Å². The van der Waals surface area contributed by atoms with Gasteiger partial charge in [-0.15, -0.1) is 0 Å². The molecule has 9 heteroatoms. The van der Waals surface area contributed by atoms with Crippen LogP contribution < -0.4 is 0 Å². The van der Waals surface area contributed by atoms with Gasteiger partial charge in [-0.05, 0) is 32.8 Å². The lowest BCUT2D eigenvalue weighted by Crippen LogP contribution is -2.59. The van der Waals surface area contributed by atoms with E-state index in [0.29, 0.717) is 32.5 Å². The second-order valence-electron chi connectivity index (χ2n) is 7.96. The average Bonchev–Trinajstić information content (AvgIpc) is 3.29. The number of piperidine rings is 1. The molecule has 9 nitrogen and oxygen atoms in total. The van der Waals surface area contributed by atoms with Crippen LogP contribution in [0.2, 0.25) is 0 Å². The molecule has 2 aliphatic rings. The van der Waals surface area contributed by atoms with Crippen molar-refractivity contribution in [1.29, 1.82) is 0 Å². The Bertz CT molecular complexity index is 909. The van der Waals surface area contributed by atoms with Crippen molar-refractivity contribution < 1.29 is 14.3 Å². The molecule has 2 aromatic rings. The monoisotopic (exact) mass is 400 g/mol. The van der Waals surface area contributed by atoms with Crippen molar-refractivity contribution in [3.05, 3.63) is 35.2 Å². The smallest absolute Gasteiger partial charge is 0.249 e. The van der Waals surface area contributed by atoms with E-state index in [1.54, 1.807) is 11.0 Å². The lowest BCUT2D eigenvalue weighted by molar-refractivity contribution is -0.148. The number of methoxy groups -OCH3 is 1. The molecule has 29 heavy (non-hydrogen) atoms. The van der Waals surface area contributed by atoms with E-state index in [9.17, 15) is 9.59 Å². The fraction of sp³-hybridized carbons (Fsp3) is 0.600. The van der Waals surface area contributed by atoms with E-state index in [1.807, 2.05) is 29.7 Å². The van der Waals surface area contributed by atoms with Gasteiger partial charge in [0, 0.05) is 44.6 Å². The molecular weight excluding hydrogens is 372 g/mol. The van der Waals surface area contributed by atoms with Crippen LogP contribution in [-0.4, -0.2) is 74.7 Å². The highest BCUT2D eigenvalue weighted by Crippen LogP contribution is 2.42. The SMILES string of the molecule is COCC(=O)N1CCc2[nH]cnc2C12CCN(C(=O)Cn1nc(C)cc1C)CC2. The van der Waals surface area contributed by atoms with Crippen LogP contribution in [0.5, 0.6) is 0 Å². The maximum atomic E-state index is 12.9. The second-order valence-corrected chi connectivity index (χ2v) is 7.96. The van der Waals surface area contributed by atoms with Crippen LogP contribution in [0, 0.1) is 13.8 Å². The summed E-state index contributed by atoms with van der Waals surface area (Å²) >= 11 is 0. The molecule has 2 aliphatic heterocycles. The Kier molecular flexibility index (Phi) is 5.16. The van der Waals surface area contributed by atoms with Crippen molar-refractivity contribution >= 4 is 11.8 Å². The number of aryl methyl sites for hydroxylation is 2. The van der Waals surface area contributed by atoms with Gasteiger partial charge in [0.2, 0.25) is 11.8 Å². The van der Waals surface area contributed by atoms with E-state index >= 15 is 0 Å². The van der Waals surface area contributed by atoms with Crippen LogP contribution in [0.4, 0.5) is 0 Å². The van der Waals surface area contributed by atoms with E-state index in [2.05, 4.69) is 15.1 Å². The van der Waals surface area contributed by atoms with E-state index in [0.717, 1.165) is 29.2 Å². The molecule has 0 radical (unpaired) electrons. The van der Waals surface area contributed by atoms with Gasteiger partial charge in [-0.3, -0.25) is 14.3 Å². The minimum Gasteiger partial charge on any atom is -0.375 e. The number of likely N-dealkylation sites (tertiary alicyclic amines) is 1. The number of hydrogen-bond donors (Lipinski definition) is 1. The highest BCUT2D eigenvalue weighted by Gasteiger charge is 2.49. The molecule has 156 valence electrons. The first-order valence-corrected chi connectivity index (χ1v) is 10.1. The summed E-state index contributed by atoms with van der Waals surface area (Å²) in [5.41, 5.74) is 3.45. The van der Waals surface area contributed by atoms with Crippen LogP contribution in [0.1, 0.15) is 35.6 Å². The van der Waals surface area contributed by atoms with Gasteiger partial charge < -0.3 is 19.5 Å². The van der Waals surface area contributed by atoms with Crippen molar-refractivity contribution in [3.8, 4) is 0 Å². The largest absolute Gasteiger partial charge is 0.375 e.